The summed E-state index contributed by atoms with van der Waals surface area (Å²) >= 11 is 6.50. The number of unbranched alkanes of at least 4 members (excludes halogenated alkanes) is 1. The second-order valence-electron chi connectivity index (χ2n) is 7.47. The highest BCUT2D eigenvalue weighted by molar-refractivity contribution is 6.21. The summed E-state index contributed by atoms with van der Waals surface area (Å²) in [4.78, 5) is 10.5. The summed E-state index contributed by atoms with van der Waals surface area (Å²) in [6, 6.07) is 8.27. The molecule has 27 heavy (non-hydrogen) atoms. The molecular weight excluding hydrogens is 364 g/mol. The van der Waals surface area contributed by atoms with E-state index in [-0.39, 0.29) is 36.3 Å². The van der Waals surface area contributed by atoms with E-state index in [0.29, 0.717) is 19.3 Å². The molecule has 1 fully saturated rings. The third kappa shape index (κ3) is 7.28. The van der Waals surface area contributed by atoms with Crippen molar-refractivity contribution in [1.82, 2.24) is 0 Å². The number of halogens is 1. The zero-order chi connectivity index (χ0) is 19.6. The third-order valence-electron chi connectivity index (χ3n) is 5.47. The van der Waals surface area contributed by atoms with Crippen LogP contribution in [0.1, 0.15) is 49.7 Å². The first-order chi connectivity index (χ1) is 13.0. The summed E-state index contributed by atoms with van der Waals surface area (Å²) in [5.41, 5.74) is 2.37. The van der Waals surface area contributed by atoms with E-state index in [1.807, 2.05) is 18.2 Å². The molecule has 0 spiro atoms. The van der Waals surface area contributed by atoms with Gasteiger partial charge in [0.25, 0.3) is 0 Å². The fourth-order valence-electron chi connectivity index (χ4n) is 4.01. The van der Waals surface area contributed by atoms with Gasteiger partial charge >= 0.3 is 5.97 Å². The molecule has 1 aliphatic rings. The summed E-state index contributed by atoms with van der Waals surface area (Å²) in [6.45, 7) is 0.152. The molecule has 0 bridgehead atoms. The number of aryl methyl sites for hydroxylation is 1. The second kappa shape index (κ2) is 11.5. The van der Waals surface area contributed by atoms with Gasteiger partial charge in [-0.15, -0.1) is 11.6 Å². The summed E-state index contributed by atoms with van der Waals surface area (Å²) < 4.78 is 0. The lowest BCUT2D eigenvalue weighted by atomic mass is 9.86. The number of carbonyl (C=O) groups is 1. The van der Waals surface area contributed by atoms with Crippen LogP contribution in [0.15, 0.2) is 36.4 Å². The number of hydrogen-bond acceptors (Lipinski definition) is 3. The quantitative estimate of drug-likeness (QED) is 0.301. The molecule has 0 heterocycles. The lowest BCUT2D eigenvalue weighted by Gasteiger charge is -2.22. The predicted molar refractivity (Wildman–Crippen MR) is 108 cm³/mol. The summed E-state index contributed by atoms with van der Waals surface area (Å²) in [6.07, 6.45) is 9.28. The maximum atomic E-state index is 10.5. The molecule has 2 rings (SSSR count). The summed E-state index contributed by atoms with van der Waals surface area (Å²) in [7, 11) is 0. The van der Waals surface area contributed by atoms with Crippen LogP contribution in [0.25, 0.3) is 0 Å². The van der Waals surface area contributed by atoms with Crippen molar-refractivity contribution in [3.63, 3.8) is 0 Å². The van der Waals surface area contributed by atoms with E-state index in [2.05, 4.69) is 18.2 Å². The zero-order valence-electron chi connectivity index (χ0n) is 15.8. The fourth-order valence-corrected chi connectivity index (χ4v) is 4.48. The first-order valence-electron chi connectivity index (χ1n) is 9.89. The van der Waals surface area contributed by atoms with Crippen LogP contribution in [-0.2, 0) is 17.6 Å². The van der Waals surface area contributed by atoms with E-state index in [1.165, 1.54) is 5.56 Å². The number of benzene rings is 1. The molecule has 0 saturated heterocycles. The fraction of sp³-hybridized carbons (Fsp3) is 0.591. The Hall–Kier alpha value is -1.36. The smallest absolute Gasteiger partial charge is 0.303 e. The number of rotatable bonds is 11. The van der Waals surface area contributed by atoms with Crippen molar-refractivity contribution in [2.75, 3.05) is 6.61 Å². The van der Waals surface area contributed by atoms with Crippen molar-refractivity contribution in [2.45, 2.75) is 62.8 Å². The average molecular weight is 395 g/mol. The molecule has 4 nitrogen and oxygen atoms in total. The SMILES string of the molecule is O=C(O)CCC/C=C\C[C@@H]1[C@@H](CCc2cccc(CCO)c2)[C@H](O)C[C@H]1Cl. The number of aliphatic carboxylic acids is 1. The van der Waals surface area contributed by atoms with Crippen molar-refractivity contribution < 1.29 is 20.1 Å². The Morgan fingerprint density at radius 2 is 1.93 bits per heavy atom. The number of aliphatic hydroxyl groups is 2. The summed E-state index contributed by atoms with van der Waals surface area (Å²) in [5, 5.41) is 28.2. The Kier molecular flexibility index (Phi) is 9.32. The topological polar surface area (TPSA) is 77.8 Å². The van der Waals surface area contributed by atoms with Gasteiger partial charge in [0.1, 0.15) is 0 Å². The van der Waals surface area contributed by atoms with E-state index in [0.717, 1.165) is 31.2 Å². The highest BCUT2D eigenvalue weighted by Gasteiger charge is 2.40. The van der Waals surface area contributed by atoms with Gasteiger partial charge in [0, 0.05) is 18.4 Å². The lowest BCUT2D eigenvalue weighted by molar-refractivity contribution is -0.137. The van der Waals surface area contributed by atoms with Crippen molar-refractivity contribution in [3.05, 3.63) is 47.5 Å². The van der Waals surface area contributed by atoms with Gasteiger partial charge in [-0.3, -0.25) is 4.79 Å². The van der Waals surface area contributed by atoms with Crippen molar-refractivity contribution >= 4 is 17.6 Å². The van der Waals surface area contributed by atoms with Gasteiger partial charge in [0.05, 0.1) is 6.10 Å². The standard InChI is InChI=1S/C22H31ClO4/c23-20-15-21(25)19(18(20)8-3-1-2-4-9-22(26)27)11-10-16-6-5-7-17(14-16)12-13-24/h1,3,5-7,14,18-21,24-25H,2,4,8-13,15H2,(H,26,27)/b3-1-/t18-,19-,20-,21-/m1/s1. The minimum Gasteiger partial charge on any atom is -0.481 e. The number of carboxylic acids is 1. The Labute approximate surface area is 166 Å². The lowest BCUT2D eigenvalue weighted by Crippen LogP contribution is -2.21. The third-order valence-corrected chi connectivity index (χ3v) is 5.97. The van der Waals surface area contributed by atoms with Gasteiger partial charge in [-0.2, -0.15) is 0 Å². The maximum absolute atomic E-state index is 10.5. The van der Waals surface area contributed by atoms with E-state index in [4.69, 9.17) is 21.8 Å². The second-order valence-corrected chi connectivity index (χ2v) is 8.03. The van der Waals surface area contributed by atoms with Crippen molar-refractivity contribution in [3.8, 4) is 0 Å². The Morgan fingerprint density at radius 3 is 2.63 bits per heavy atom. The molecule has 1 saturated carbocycles. The molecule has 0 amide bonds. The monoisotopic (exact) mass is 394 g/mol. The van der Waals surface area contributed by atoms with E-state index in [9.17, 15) is 9.90 Å². The van der Waals surface area contributed by atoms with Crippen LogP contribution in [0.3, 0.4) is 0 Å². The van der Waals surface area contributed by atoms with Crippen LogP contribution in [0.4, 0.5) is 0 Å². The number of hydrogen-bond donors (Lipinski definition) is 3. The largest absolute Gasteiger partial charge is 0.481 e. The molecule has 0 aromatic heterocycles. The Balaban J connectivity index is 1.86. The molecule has 0 radical (unpaired) electrons. The number of alkyl halides is 1. The number of carboxylic acid groups (broad SMARTS) is 1. The van der Waals surface area contributed by atoms with E-state index < -0.39 is 5.97 Å². The molecule has 5 heteroatoms. The molecule has 150 valence electrons. The minimum atomic E-state index is -0.758. The minimum absolute atomic E-state index is 0.0191. The van der Waals surface area contributed by atoms with Crippen LogP contribution in [-0.4, -0.2) is 39.4 Å². The maximum Gasteiger partial charge on any atom is 0.303 e. The van der Waals surface area contributed by atoms with Crippen LogP contribution in [0.5, 0.6) is 0 Å². The van der Waals surface area contributed by atoms with E-state index in [1.54, 1.807) is 0 Å². The van der Waals surface area contributed by atoms with Crippen LogP contribution >= 0.6 is 11.6 Å². The first kappa shape index (κ1) is 21.9. The Bertz CT molecular complexity index is 616. The van der Waals surface area contributed by atoms with Gasteiger partial charge in [-0.05, 0) is 67.9 Å². The molecule has 1 aromatic rings. The molecule has 0 aliphatic heterocycles. The molecule has 1 aliphatic carbocycles. The van der Waals surface area contributed by atoms with Gasteiger partial charge in [-0.1, -0.05) is 36.4 Å². The highest BCUT2D eigenvalue weighted by atomic mass is 35.5. The van der Waals surface area contributed by atoms with Gasteiger partial charge in [0.2, 0.25) is 0 Å². The molecule has 0 unspecified atom stereocenters. The molecule has 3 N–H and O–H groups in total. The molecule has 1 aromatic carbocycles. The van der Waals surface area contributed by atoms with Crippen LogP contribution < -0.4 is 0 Å². The molecule has 4 atom stereocenters. The zero-order valence-corrected chi connectivity index (χ0v) is 16.5. The number of allylic oxidation sites excluding steroid dienone is 2. The van der Waals surface area contributed by atoms with Crippen molar-refractivity contribution in [1.29, 1.82) is 0 Å². The predicted octanol–water partition coefficient (Wildman–Crippen LogP) is 3.96. The summed E-state index contributed by atoms with van der Waals surface area (Å²) in [5.74, 6) is -0.332. The number of aliphatic hydroxyl groups excluding tert-OH is 2. The van der Waals surface area contributed by atoms with E-state index >= 15 is 0 Å². The Morgan fingerprint density at radius 1 is 1.19 bits per heavy atom. The van der Waals surface area contributed by atoms with Crippen molar-refractivity contribution in [2.24, 2.45) is 11.8 Å². The van der Waals surface area contributed by atoms with Gasteiger partial charge in [0.15, 0.2) is 0 Å². The normalized spacial score (nSPS) is 25.3. The van der Waals surface area contributed by atoms with Gasteiger partial charge < -0.3 is 15.3 Å². The van der Waals surface area contributed by atoms with Crippen LogP contribution in [0, 0.1) is 11.8 Å². The molecular formula is C22H31ClO4. The van der Waals surface area contributed by atoms with Crippen LogP contribution in [0.2, 0.25) is 0 Å². The van der Waals surface area contributed by atoms with Gasteiger partial charge in [-0.25, -0.2) is 0 Å². The highest BCUT2D eigenvalue weighted by Crippen LogP contribution is 2.41. The average Bonchev–Trinajstić information content (AvgIpc) is 2.89. The first-order valence-corrected chi connectivity index (χ1v) is 10.3.